The number of ether oxygens (including phenoxy) is 1. The van der Waals surface area contributed by atoms with E-state index in [2.05, 4.69) is 39.3 Å². The van der Waals surface area contributed by atoms with Crippen LogP contribution in [0, 0.1) is 0 Å². The third-order valence-corrected chi connectivity index (χ3v) is 5.93. The summed E-state index contributed by atoms with van der Waals surface area (Å²) in [5.74, 6) is 1.06. The molecule has 1 N–H and O–H groups in total. The van der Waals surface area contributed by atoms with Crippen LogP contribution in [0.2, 0.25) is 0 Å². The van der Waals surface area contributed by atoms with Gasteiger partial charge in [0.1, 0.15) is 0 Å². The van der Waals surface area contributed by atoms with Gasteiger partial charge in [-0.05, 0) is 19.8 Å². The zero-order valence-electron chi connectivity index (χ0n) is 15.5. The molecule has 0 radical (unpaired) electrons. The topological polar surface area (TPSA) is 53.0 Å². The fraction of sp³-hybridized carbons (Fsp3) is 0.778. The van der Waals surface area contributed by atoms with E-state index in [0.29, 0.717) is 6.04 Å². The third kappa shape index (κ3) is 5.15. The van der Waals surface area contributed by atoms with Gasteiger partial charge in [0.05, 0.1) is 23.9 Å². The number of thiazole rings is 1. The van der Waals surface area contributed by atoms with E-state index >= 15 is 0 Å². The van der Waals surface area contributed by atoms with Crippen molar-refractivity contribution >= 4 is 17.3 Å². The van der Waals surface area contributed by atoms with Crippen molar-refractivity contribution in [3.63, 3.8) is 0 Å². The quantitative estimate of drug-likeness (QED) is 0.613. The second-order valence-electron chi connectivity index (χ2n) is 6.61. The molecule has 0 saturated carbocycles. The minimum absolute atomic E-state index is 0.637. The second-order valence-corrected chi connectivity index (χ2v) is 7.55. The number of nitrogens with zero attached hydrogens (tertiary/aromatic N) is 4. The van der Waals surface area contributed by atoms with Gasteiger partial charge in [-0.15, -0.1) is 11.3 Å². The van der Waals surface area contributed by atoms with Gasteiger partial charge in [-0.2, -0.15) is 0 Å². The van der Waals surface area contributed by atoms with Crippen LogP contribution in [0.25, 0.3) is 0 Å². The summed E-state index contributed by atoms with van der Waals surface area (Å²) in [6.07, 6.45) is 3.16. The average molecular weight is 366 g/mol. The Morgan fingerprint density at radius 3 is 2.92 bits per heavy atom. The molecule has 0 aromatic carbocycles. The Bertz CT molecular complexity index is 555. The molecule has 1 atom stereocenters. The molecule has 1 aromatic rings. The predicted octanol–water partition coefficient (Wildman–Crippen LogP) is 1.62. The summed E-state index contributed by atoms with van der Waals surface area (Å²) >= 11 is 1.76. The molecule has 140 valence electrons. The lowest BCUT2D eigenvalue weighted by molar-refractivity contribution is 0.0195. The number of hydrogen-bond donors (Lipinski definition) is 1. The van der Waals surface area contributed by atoms with E-state index in [0.717, 1.165) is 71.3 Å². The van der Waals surface area contributed by atoms with Crippen LogP contribution in [-0.4, -0.2) is 79.3 Å². The standard InChI is InChI=1S/C18H31N5OS/c1-3-17-21-15(14-25-17)5-7-20-18(19-4-2)23-8-6-16(13-23)22-9-11-24-12-10-22/h14,16H,3-13H2,1-2H3,(H,19,20). The SMILES string of the molecule is CCNC(=NCCc1csc(CC)n1)N1CCC(N2CCOCC2)C1. The van der Waals surface area contributed by atoms with Crippen molar-refractivity contribution in [1.82, 2.24) is 20.1 Å². The number of likely N-dealkylation sites (tertiary alicyclic amines) is 1. The first-order chi connectivity index (χ1) is 12.3. The number of hydrogen-bond acceptors (Lipinski definition) is 5. The molecule has 1 unspecified atom stereocenters. The van der Waals surface area contributed by atoms with E-state index in [4.69, 9.17) is 9.73 Å². The fourth-order valence-electron chi connectivity index (χ4n) is 3.50. The third-order valence-electron chi connectivity index (χ3n) is 4.89. The van der Waals surface area contributed by atoms with E-state index in [-0.39, 0.29) is 0 Å². The number of morpholine rings is 1. The lowest BCUT2D eigenvalue weighted by Crippen LogP contribution is -2.46. The van der Waals surface area contributed by atoms with Crippen molar-refractivity contribution in [1.29, 1.82) is 0 Å². The van der Waals surface area contributed by atoms with Gasteiger partial charge in [0.25, 0.3) is 0 Å². The molecule has 3 heterocycles. The van der Waals surface area contributed by atoms with Crippen LogP contribution in [0.3, 0.4) is 0 Å². The normalized spacial score (nSPS) is 22.6. The lowest BCUT2D eigenvalue weighted by atomic mass is 10.2. The van der Waals surface area contributed by atoms with E-state index in [1.807, 2.05) is 0 Å². The molecule has 25 heavy (non-hydrogen) atoms. The highest BCUT2D eigenvalue weighted by atomic mass is 32.1. The number of nitrogens with one attached hydrogen (secondary N) is 1. The van der Waals surface area contributed by atoms with Crippen molar-refractivity contribution < 1.29 is 4.74 Å². The Morgan fingerprint density at radius 1 is 1.36 bits per heavy atom. The van der Waals surface area contributed by atoms with Gasteiger partial charge >= 0.3 is 0 Å². The number of aromatic nitrogens is 1. The van der Waals surface area contributed by atoms with E-state index in [1.54, 1.807) is 11.3 Å². The molecule has 0 aliphatic carbocycles. The van der Waals surface area contributed by atoms with Gasteiger partial charge in [0.2, 0.25) is 0 Å². The van der Waals surface area contributed by atoms with Crippen molar-refractivity contribution in [2.45, 2.75) is 39.2 Å². The minimum atomic E-state index is 0.637. The monoisotopic (exact) mass is 365 g/mol. The summed E-state index contributed by atoms with van der Waals surface area (Å²) in [7, 11) is 0. The zero-order chi connectivity index (χ0) is 17.5. The highest BCUT2D eigenvalue weighted by Crippen LogP contribution is 2.17. The first kappa shape index (κ1) is 18.6. The average Bonchev–Trinajstić information content (AvgIpc) is 3.31. The van der Waals surface area contributed by atoms with Gasteiger partial charge in [0.15, 0.2) is 5.96 Å². The molecule has 2 aliphatic rings. The maximum absolute atomic E-state index is 5.48. The lowest BCUT2D eigenvalue weighted by Gasteiger charge is -2.32. The molecule has 0 bridgehead atoms. The fourth-order valence-corrected chi connectivity index (χ4v) is 4.28. The molecule has 1 aromatic heterocycles. The smallest absolute Gasteiger partial charge is 0.193 e. The van der Waals surface area contributed by atoms with Gasteiger partial charge < -0.3 is 15.0 Å². The molecule has 2 fully saturated rings. The first-order valence-corrected chi connectivity index (χ1v) is 10.5. The van der Waals surface area contributed by atoms with Gasteiger partial charge in [0, 0.05) is 57.1 Å². The van der Waals surface area contributed by atoms with Crippen LogP contribution in [0.1, 0.15) is 31.0 Å². The minimum Gasteiger partial charge on any atom is -0.379 e. The van der Waals surface area contributed by atoms with Crippen LogP contribution in [0.4, 0.5) is 0 Å². The van der Waals surface area contributed by atoms with E-state index < -0.39 is 0 Å². The highest BCUT2D eigenvalue weighted by Gasteiger charge is 2.30. The van der Waals surface area contributed by atoms with Crippen molar-refractivity contribution in [2.75, 3.05) is 52.5 Å². The van der Waals surface area contributed by atoms with Gasteiger partial charge in [-0.25, -0.2) is 4.98 Å². The Hall–Kier alpha value is -1.18. The van der Waals surface area contributed by atoms with Crippen LogP contribution < -0.4 is 5.32 Å². The van der Waals surface area contributed by atoms with Crippen LogP contribution in [0.5, 0.6) is 0 Å². The summed E-state index contributed by atoms with van der Waals surface area (Å²) in [5.41, 5.74) is 1.18. The van der Waals surface area contributed by atoms with Crippen LogP contribution in [-0.2, 0) is 17.6 Å². The molecule has 0 amide bonds. The highest BCUT2D eigenvalue weighted by molar-refractivity contribution is 7.09. The molecular weight excluding hydrogens is 334 g/mol. The zero-order valence-corrected chi connectivity index (χ0v) is 16.4. The Morgan fingerprint density at radius 2 is 2.20 bits per heavy atom. The maximum Gasteiger partial charge on any atom is 0.193 e. The van der Waals surface area contributed by atoms with Gasteiger partial charge in [-0.3, -0.25) is 9.89 Å². The second kappa shape index (κ2) is 9.50. The number of aryl methyl sites for hydroxylation is 1. The Kier molecular flexibility index (Phi) is 7.07. The van der Waals surface area contributed by atoms with Crippen molar-refractivity contribution in [3.05, 3.63) is 16.1 Å². The Labute approximate surface area is 155 Å². The predicted molar refractivity (Wildman–Crippen MR) is 104 cm³/mol. The number of guanidine groups is 1. The number of aliphatic imine (C=N–C) groups is 1. The molecule has 0 spiro atoms. The van der Waals surface area contributed by atoms with Gasteiger partial charge in [-0.1, -0.05) is 6.92 Å². The summed E-state index contributed by atoms with van der Waals surface area (Å²) in [5, 5.41) is 6.86. The summed E-state index contributed by atoms with van der Waals surface area (Å²) in [6.45, 7) is 12.0. The van der Waals surface area contributed by atoms with Crippen LogP contribution >= 0.6 is 11.3 Å². The number of rotatable bonds is 6. The van der Waals surface area contributed by atoms with Crippen molar-refractivity contribution in [2.24, 2.45) is 4.99 Å². The Balaban J connectivity index is 1.53. The molecule has 3 rings (SSSR count). The first-order valence-electron chi connectivity index (χ1n) is 9.58. The van der Waals surface area contributed by atoms with Crippen molar-refractivity contribution in [3.8, 4) is 0 Å². The van der Waals surface area contributed by atoms with E-state index in [1.165, 1.54) is 17.1 Å². The van der Waals surface area contributed by atoms with Crippen LogP contribution in [0.15, 0.2) is 10.4 Å². The molecule has 7 heteroatoms. The molecule has 6 nitrogen and oxygen atoms in total. The molecule has 2 aliphatic heterocycles. The summed E-state index contributed by atoms with van der Waals surface area (Å²) < 4.78 is 5.48. The molecule has 2 saturated heterocycles. The molecular formula is C18H31N5OS. The largest absolute Gasteiger partial charge is 0.379 e. The maximum atomic E-state index is 5.48. The summed E-state index contributed by atoms with van der Waals surface area (Å²) in [6, 6.07) is 0.637. The van der Waals surface area contributed by atoms with E-state index in [9.17, 15) is 0 Å². The summed E-state index contributed by atoms with van der Waals surface area (Å²) in [4.78, 5) is 14.5.